The van der Waals surface area contributed by atoms with Crippen LogP contribution in [0.5, 0.6) is 0 Å². The van der Waals surface area contributed by atoms with E-state index in [2.05, 4.69) is 0 Å². The summed E-state index contributed by atoms with van der Waals surface area (Å²) >= 11 is 0. The summed E-state index contributed by atoms with van der Waals surface area (Å²) in [6.07, 6.45) is 0. The smallest absolute Gasteiger partial charge is 0.512 e. The zero-order valence-corrected chi connectivity index (χ0v) is 8.14. The zero-order valence-electron chi connectivity index (χ0n) is 7.04. The Kier molecular flexibility index (Phi) is 1670. The summed E-state index contributed by atoms with van der Waals surface area (Å²) in [5, 5.41) is 37.5. The minimum Gasteiger partial charge on any atom is -0.512 e. The van der Waals surface area contributed by atoms with E-state index < -0.39 is 0 Å². The van der Waals surface area contributed by atoms with Gasteiger partial charge in [-0.25, -0.2) is 0 Å². The fourth-order valence-electron chi connectivity index (χ4n) is 0. The summed E-state index contributed by atoms with van der Waals surface area (Å²) in [5.41, 5.74) is 0. The van der Waals surface area contributed by atoms with Crippen molar-refractivity contribution < 1.29 is 28.0 Å². The summed E-state index contributed by atoms with van der Waals surface area (Å²) in [7, 11) is 0. The summed E-state index contributed by atoms with van der Waals surface area (Å²) in [6, 6.07) is 0. The standard InChI is InChI=1S/6CN.Fe.2H2O/c6*1-2;;;/h;;;;;;;2*1H2/q6*-1;+2;;. The average Bonchev–Trinajstić information content (AvgIpc) is 2.33. The zero-order chi connectivity index (χ0) is 12.0. The third-order valence-corrected chi connectivity index (χ3v) is 0. The van der Waals surface area contributed by atoms with E-state index in [-0.39, 0.29) is 28.0 Å². The van der Waals surface area contributed by atoms with Crippen LogP contribution in [0.15, 0.2) is 0 Å². The van der Waals surface area contributed by atoms with Gasteiger partial charge in [-0.1, -0.05) is 0 Å². The molecule has 15 heavy (non-hydrogen) atoms. The molecule has 4 N–H and O–H groups in total. The molecule has 9 heteroatoms. The average molecular weight is 248 g/mol. The second kappa shape index (κ2) is 179. The maximum absolute atomic E-state index is 6.25. The molecule has 82 valence electrons. The van der Waals surface area contributed by atoms with Crippen molar-refractivity contribution in [3.05, 3.63) is 39.4 Å². The molecular weight excluding hydrogens is 244 g/mol. The first-order valence-corrected chi connectivity index (χ1v) is 1.34. The third kappa shape index (κ3) is 146. The maximum Gasteiger partial charge on any atom is 2.00 e. The van der Waals surface area contributed by atoms with Crippen LogP contribution in [-0.4, -0.2) is 11.0 Å². The largest absolute Gasteiger partial charge is 2.00 e. The van der Waals surface area contributed by atoms with Crippen molar-refractivity contribution in [2.24, 2.45) is 0 Å². The van der Waals surface area contributed by atoms with Gasteiger partial charge in [0.2, 0.25) is 0 Å². The van der Waals surface area contributed by atoms with Crippen LogP contribution in [0.4, 0.5) is 0 Å². The molecule has 0 aliphatic rings. The van der Waals surface area contributed by atoms with Crippen LogP contribution < -0.4 is 0 Å². The minimum atomic E-state index is 0. The van der Waals surface area contributed by atoms with Gasteiger partial charge < -0.3 is 82.0 Å². The first-order valence-electron chi connectivity index (χ1n) is 1.34. The number of nitrogens with zero attached hydrogens (tertiary/aromatic N) is 6. The van der Waals surface area contributed by atoms with Gasteiger partial charge in [-0.15, -0.1) is 0 Å². The van der Waals surface area contributed by atoms with Gasteiger partial charge in [0.15, 0.2) is 0 Å². The maximum atomic E-state index is 6.25. The van der Waals surface area contributed by atoms with Crippen LogP contribution in [0, 0.1) is 71.0 Å². The van der Waals surface area contributed by atoms with Crippen molar-refractivity contribution >= 4 is 0 Å². The van der Waals surface area contributed by atoms with Crippen LogP contribution in [0.1, 0.15) is 0 Å². The van der Waals surface area contributed by atoms with Crippen molar-refractivity contribution in [3.8, 4) is 0 Å². The molecular formula is C6H4FeN6O2-4. The Bertz CT molecular complexity index is 101. The molecule has 0 amide bonds. The Morgan fingerprint density at radius 1 is 0.333 bits per heavy atom. The van der Waals surface area contributed by atoms with E-state index in [9.17, 15) is 0 Å². The van der Waals surface area contributed by atoms with E-state index in [0.29, 0.717) is 0 Å². The second-order valence-electron chi connectivity index (χ2n) is 0. The topological polar surface area (TPSA) is 206 Å². The second-order valence-corrected chi connectivity index (χ2v) is 0. The molecule has 0 bridgehead atoms. The predicted molar refractivity (Wildman–Crippen MR) is 37.0 cm³/mol. The Hall–Kier alpha value is -2.62. The summed E-state index contributed by atoms with van der Waals surface area (Å²) in [6.45, 7) is 28.5. The van der Waals surface area contributed by atoms with Crippen LogP contribution >= 0.6 is 0 Å². The van der Waals surface area contributed by atoms with Crippen LogP contribution in [-0.2, 0) is 17.1 Å². The van der Waals surface area contributed by atoms with Crippen LogP contribution in [0.25, 0.3) is 0 Å². The molecule has 0 heterocycles. The molecule has 0 spiro atoms. The molecule has 8 nitrogen and oxygen atoms in total. The summed E-state index contributed by atoms with van der Waals surface area (Å²) < 4.78 is 0. The predicted octanol–water partition coefficient (Wildman–Crippen LogP) is -1.07. The van der Waals surface area contributed by atoms with E-state index in [4.69, 9.17) is 71.0 Å². The van der Waals surface area contributed by atoms with Crippen molar-refractivity contribution in [1.29, 1.82) is 31.6 Å². The van der Waals surface area contributed by atoms with Crippen molar-refractivity contribution in [2.45, 2.75) is 0 Å². The molecule has 0 saturated heterocycles. The Labute approximate surface area is 99.5 Å². The van der Waals surface area contributed by atoms with Gasteiger partial charge in [0, 0.05) is 0 Å². The molecule has 0 rings (SSSR count). The van der Waals surface area contributed by atoms with Gasteiger partial charge in [-0.05, 0) is 0 Å². The van der Waals surface area contributed by atoms with Gasteiger partial charge in [-0.3, -0.25) is 0 Å². The minimum absolute atomic E-state index is 0. The van der Waals surface area contributed by atoms with Crippen molar-refractivity contribution in [2.75, 3.05) is 0 Å². The Morgan fingerprint density at radius 2 is 0.333 bits per heavy atom. The van der Waals surface area contributed by atoms with Gasteiger partial charge >= 0.3 is 17.1 Å². The van der Waals surface area contributed by atoms with Gasteiger partial charge in [0.05, 0.1) is 0 Å². The molecule has 0 aromatic carbocycles. The molecule has 0 aromatic rings. The molecule has 0 aliphatic heterocycles. The van der Waals surface area contributed by atoms with Gasteiger partial charge in [-0.2, -0.15) is 0 Å². The van der Waals surface area contributed by atoms with E-state index in [0.717, 1.165) is 0 Å². The number of hydrogen-bond acceptors (Lipinski definition) is 6. The van der Waals surface area contributed by atoms with Gasteiger partial charge in [0.25, 0.3) is 0 Å². The van der Waals surface area contributed by atoms with Crippen LogP contribution in [0.3, 0.4) is 0 Å². The van der Waals surface area contributed by atoms with E-state index in [1.54, 1.807) is 0 Å². The first kappa shape index (κ1) is 140. The normalized spacial score (nSPS) is 0.800. The molecule has 0 radical (unpaired) electrons. The SMILES string of the molecule is O.O.[C-]#N.[C-]#N.[C-]#N.[C-]#N.[C-]#N.[C-]#N.[Fe+2]. The Balaban J connectivity index is -0.00000000396. The first-order chi connectivity index (χ1) is 6.00. The summed E-state index contributed by atoms with van der Waals surface area (Å²) in [4.78, 5) is 0. The molecule has 0 atom stereocenters. The van der Waals surface area contributed by atoms with E-state index in [1.165, 1.54) is 0 Å². The van der Waals surface area contributed by atoms with E-state index in [1.807, 2.05) is 0 Å². The number of hydrogen-bond donors (Lipinski definition) is 0. The van der Waals surface area contributed by atoms with Crippen LogP contribution in [0.2, 0.25) is 0 Å². The monoisotopic (exact) mass is 248 g/mol. The molecule has 0 aliphatic carbocycles. The molecule has 0 fully saturated rings. The molecule has 0 unspecified atom stereocenters. The molecule has 0 saturated carbocycles. The fourth-order valence-corrected chi connectivity index (χ4v) is 0. The Morgan fingerprint density at radius 3 is 0.333 bits per heavy atom. The molecule has 0 aromatic heterocycles. The van der Waals surface area contributed by atoms with E-state index >= 15 is 0 Å². The van der Waals surface area contributed by atoms with Crippen molar-refractivity contribution in [1.82, 2.24) is 0 Å². The van der Waals surface area contributed by atoms with Crippen molar-refractivity contribution in [3.63, 3.8) is 0 Å². The van der Waals surface area contributed by atoms with Gasteiger partial charge in [0.1, 0.15) is 0 Å². The fraction of sp³-hybridized carbons (Fsp3) is 0. The summed E-state index contributed by atoms with van der Waals surface area (Å²) in [5.74, 6) is 0. The third-order valence-electron chi connectivity index (χ3n) is 0. The number of rotatable bonds is 0. The quantitative estimate of drug-likeness (QED) is 0.384.